The average molecular weight is 317 g/mol. The van der Waals surface area contributed by atoms with E-state index in [-0.39, 0.29) is 31.5 Å². The van der Waals surface area contributed by atoms with E-state index in [9.17, 15) is 18.0 Å². The van der Waals surface area contributed by atoms with Crippen molar-refractivity contribution in [3.63, 3.8) is 0 Å². The Morgan fingerprint density at radius 3 is 2.82 bits per heavy atom. The number of nitrogens with zero attached hydrogens (tertiary/aromatic N) is 1. The molecule has 1 saturated heterocycles. The Bertz CT molecular complexity index is 533. The molecule has 0 aliphatic carbocycles. The van der Waals surface area contributed by atoms with Gasteiger partial charge in [-0.3, -0.25) is 4.79 Å². The summed E-state index contributed by atoms with van der Waals surface area (Å²) in [6.07, 6.45) is -4.97. The van der Waals surface area contributed by atoms with Gasteiger partial charge in [-0.25, -0.2) is 0 Å². The van der Waals surface area contributed by atoms with Gasteiger partial charge in [-0.05, 0) is 18.6 Å². The van der Waals surface area contributed by atoms with E-state index >= 15 is 0 Å². The van der Waals surface area contributed by atoms with E-state index < -0.39 is 17.8 Å². The minimum Gasteiger partial charge on any atom is -0.394 e. The molecule has 1 heterocycles. The molecule has 2 unspecified atom stereocenters. The van der Waals surface area contributed by atoms with Crippen molar-refractivity contribution in [2.24, 2.45) is 0 Å². The van der Waals surface area contributed by atoms with Crippen LogP contribution in [-0.2, 0) is 22.1 Å². The summed E-state index contributed by atoms with van der Waals surface area (Å²) >= 11 is 0. The number of hydrogen-bond acceptors (Lipinski definition) is 3. The maximum atomic E-state index is 12.7. The number of ether oxygens (including phenoxy) is 1. The van der Waals surface area contributed by atoms with Crippen molar-refractivity contribution in [1.29, 1.82) is 0 Å². The molecule has 1 N–H and O–H groups in total. The summed E-state index contributed by atoms with van der Waals surface area (Å²) in [7, 11) is 0. The molecule has 1 aliphatic rings. The Balaban J connectivity index is 2.08. The van der Waals surface area contributed by atoms with Crippen LogP contribution in [0.15, 0.2) is 24.3 Å². The van der Waals surface area contributed by atoms with Gasteiger partial charge in [-0.1, -0.05) is 18.2 Å². The number of carbonyl (C=O) groups is 1. The van der Waals surface area contributed by atoms with Crippen LogP contribution in [0.2, 0.25) is 0 Å². The highest BCUT2D eigenvalue weighted by atomic mass is 19.4. The molecular formula is C15H18F3NO3. The Morgan fingerprint density at radius 1 is 1.45 bits per heavy atom. The van der Waals surface area contributed by atoms with Crippen LogP contribution in [0.3, 0.4) is 0 Å². The minimum atomic E-state index is -4.42. The first kappa shape index (κ1) is 16.8. The van der Waals surface area contributed by atoms with Gasteiger partial charge in [-0.2, -0.15) is 13.2 Å². The van der Waals surface area contributed by atoms with Crippen molar-refractivity contribution in [3.05, 3.63) is 35.4 Å². The van der Waals surface area contributed by atoms with Crippen LogP contribution in [0.25, 0.3) is 0 Å². The number of benzene rings is 1. The SMILES string of the molecule is CC1COC(CO)CN1C(=O)Cc1cccc(C(F)(F)F)c1. The number of rotatable bonds is 3. The van der Waals surface area contributed by atoms with Crippen molar-refractivity contribution < 1.29 is 27.8 Å². The second-order valence-corrected chi connectivity index (χ2v) is 5.41. The molecular weight excluding hydrogens is 299 g/mol. The van der Waals surface area contributed by atoms with Crippen molar-refractivity contribution in [3.8, 4) is 0 Å². The molecule has 0 bridgehead atoms. The highest BCUT2D eigenvalue weighted by Crippen LogP contribution is 2.29. The minimum absolute atomic E-state index is 0.105. The zero-order chi connectivity index (χ0) is 16.3. The van der Waals surface area contributed by atoms with E-state index in [1.165, 1.54) is 12.1 Å². The van der Waals surface area contributed by atoms with Crippen LogP contribution in [0.5, 0.6) is 0 Å². The van der Waals surface area contributed by atoms with Gasteiger partial charge >= 0.3 is 6.18 Å². The number of alkyl halides is 3. The first-order chi connectivity index (χ1) is 10.3. The molecule has 0 aromatic heterocycles. The number of carbonyl (C=O) groups excluding carboxylic acids is 1. The molecule has 0 saturated carbocycles. The molecule has 0 spiro atoms. The molecule has 22 heavy (non-hydrogen) atoms. The van der Waals surface area contributed by atoms with E-state index in [0.717, 1.165) is 12.1 Å². The second kappa shape index (κ2) is 6.66. The predicted octanol–water partition coefficient (Wildman–Crippen LogP) is 1.86. The number of aliphatic hydroxyl groups is 1. The zero-order valence-electron chi connectivity index (χ0n) is 12.1. The van der Waals surface area contributed by atoms with Gasteiger partial charge in [0.2, 0.25) is 5.91 Å². The van der Waals surface area contributed by atoms with Crippen LogP contribution >= 0.6 is 0 Å². The summed E-state index contributed by atoms with van der Waals surface area (Å²) in [5.41, 5.74) is -0.444. The van der Waals surface area contributed by atoms with Crippen molar-refractivity contribution in [2.75, 3.05) is 19.8 Å². The summed E-state index contributed by atoms with van der Waals surface area (Å²) < 4.78 is 43.4. The first-order valence-electron chi connectivity index (χ1n) is 6.99. The van der Waals surface area contributed by atoms with Gasteiger partial charge in [0, 0.05) is 6.54 Å². The molecule has 1 fully saturated rings. The Labute approximate surface area is 126 Å². The molecule has 2 rings (SSSR count). The fourth-order valence-corrected chi connectivity index (χ4v) is 2.41. The van der Waals surface area contributed by atoms with Gasteiger partial charge in [0.15, 0.2) is 0 Å². The fourth-order valence-electron chi connectivity index (χ4n) is 2.41. The topological polar surface area (TPSA) is 49.8 Å². The standard InChI is InChI=1S/C15H18F3NO3/c1-10-9-22-13(8-20)7-19(10)14(21)6-11-3-2-4-12(5-11)15(16,17)18/h2-5,10,13,20H,6-9H2,1H3. The number of hydrogen-bond donors (Lipinski definition) is 1. The molecule has 1 aromatic carbocycles. The molecule has 1 aliphatic heterocycles. The first-order valence-corrected chi connectivity index (χ1v) is 6.99. The Kier molecular flexibility index (Phi) is 5.08. The Hall–Kier alpha value is -1.60. The summed E-state index contributed by atoms with van der Waals surface area (Å²) in [6, 6.07) is 4.60. The molecule has 4 nitrogen and oxygen atoms in total. The van der Waals surface area contributed by atoms with Gasteiger partial charge in [0.1, 0.15) is 0 Å². The smallest absolute Gasteiger partial charge is 0.394 e. The maximum absolute atomic E-state index is 12.7. The van der Waals surface area contributed by atoms with Gasteiger partial charge in [0.25, 0.3) is 0 Å². The maximum Gasteiger partial charge on any atom is 0.416 e. The van der Waals surface area contributed by atoms with Crippen LogP contribution in [-0.4, -0.2) is 47.8 Å². The highest BCUT2D eigenvalue weighted by Gasteiger charge is 2.32. The largest absolute Gasteiger partial charge is 0.416 e. The lowest BCUT2D eigenvalue weighted by molar-refractivity contribution is -0.145. The van der Waals surface area contributed by atoms with Crippen LogP contribution in [0.4, 0.5) is 13.2 Å². The van der Waals surface area contributed by atoms with Gasteiger partial charge in [-0.15, -0.1) is 0 Å². The van der Waals surface area contributed by atoms with Gasteiger partial charge in [0.05, 0.1) is 37.3 Å². The van der Waals surface area contributed by atoms with Gasteiger partial charge < -0.3 is 14.7 Å². The Morgan fingerprint density at radius 2 is 2.18 bits per heavy atom. The second-order valence-electron chi connectivity index (χ2n) is 5.41. The van der Waals surface area contributed by atoms with Crippen LogP contribution in [0.1, 0.15) is 18.1 Å². The van der Waals surface area contributed by atoms with E-state index in [4.69, 9.17) is 9.84 Å². The van der Waals surface area contributed by atoms with E-state index in [1.807, 2.05) is 0 Å². The summed E-state index contributed by atoms with van der Waals surface area (Å²) in [6.45, 7) is 2.16. The lowest BCUT2D eigenvalue weighted by atomic mass is 10.1. The highest BCUT2D eigenvalue weighted by molar-refractivity contribution is 5.79. The number of halogens is 3. The molecule has 1 aromatic rings. The normalized spacial score (nSPS) is 22.7. The summed E-state index contributed by atoms with van der Waals surface area (Å²) in [5, 5.41) is 9.10. The van der Waals surface area contributed by atoms with E-state index in [0.29, 0.717) is 12.2 Å². The number of aliphatic hydroxyl groups excluding tert-OH is 1. The third-order valence-corrected chi connectivity index (χ3v) is 3.64. The summed E-state index contributed by atoms with van der Waals surface area (Å²) in [5.74, 6) is -0.270. The zero-order valence-corrected chi connectivity index (χ0v) is 12.1. The fraction of sp³-hybridized carbons (Fsp3) is 0.533. The average Bonchev–Trinajstić information content (AvgIpc) is 2.47. The van der Waals surface area contributed by atoms with E-state index in [1.54, 1.807) is 11.8 Å². The van der Waals surface area contributed by atoms with Crippen molar-refractivity contribution in [1.82, 2.24) is 4.90 Å². The quantitative estimate of drug-likeness (QED) is 0.926. The molecule has 0 radical (unpaired) electrons. The van der Waals surface area contributed by atoms with Crippen molar-refractivity contribution in [2.45, 2.75) is 31.7 Å². The van der Waals surface area contributed by atoms with Crippen LogP contribution in [0, 0.1) is 0 Å². The molecule has 122 valence electrons. The monoisotopic (exact) mass is 317 g/mol. The number of morpholine rings is 1. The third kappa shape index (κ3) is 3.98. The van der Waals surface area contributed by atoms with Crippen LogP contribution < -0.4 is 0 Å². The predicted molar refractivity (Wildman–Crippen MR) is 73.1 cm³/mol. The van der Waals surface area contributed by atoms with Crippen molar-refractivity contribution >= 4 is 5.91 Å². The summed E-state index contributed by atoms with van der Waals surface area (Å²) in [4.78, 5) is 13.9. The molecule has 2 atom stereocenters. The number of amides is 1. The molecule has 7 heteroatoms. The lowest BCUT2D eigenvalue weighted by Gasteiger charge is -2.37. The molecule has 1 amide bonds. The lowest BCUT2D eigenvalue weighted by Crippen LogP contribution is -2.52. The third-order valence-electron chi connectivity index (χ3n) is 3.64. The van der Waals surface area contributed by atoms with E-state index in [2.05, 4.69) is 0 Å².